The maximum absolute atomic E-state index is 12.6. The molecule has 1 amide bonds. The monoisotopic (exact) mass is 391 g/mol. The van der Waals surface area contributed by atoms with Gasteiger partial charge in [-0.1, -0.05) is 36.7 Å². The van der Waals surface area contributed by atoms with Crippen LogP contribution in [0, 0.1) is 6.92 Å². The van der Waals surface area contributed by atoms with Crippen molar-refractivity contribution in [1.82, 2.24) is 10.1 Å². The van der Waals surface area contributed by atoms with Crippen molar-refractivity contribution in [3.05, 3.63) is 59.9 Å². The number of ether oxygens (including phenoxy) is 1. The molecule has 1 fully saturated rings. The number of nitrogens with zero attached hydrogens (tertiary/aromatic N) is 3. The van der Waals surface area contributed by atoms with Gasteiger partial charge in [-0.2, -0.15) is 4.98 Å². The van der Waals surface area contributed by atoms with Gasteiger partial charge in [0.2, 0.25) is 5.91 Å². The van der Waals surface area contributed by atoms with Crippen LogP contribution in [-0.4, -0.2) is 29.2 Å². The van der Waals surface area contributed by atoms with Crippen LogP contribution in [-0.2, 0) is 4.79 Å². The van der Waals surface area contributed by atoms with Crippen molar-refractivity contribution in [3.8, 4) is 17.2 Å². The molecular weight excluding hydrogens is 366 g/mol. The normalized spacial score (nSPS) is 16.4. The minimum Gasteiger partial charge on any atom is -0.494 e. The van der Waals surface area contributed by atoms with Crippen molar-refractivity contribution in [3.63, 3.8) is 0 Å². The summed E-state index contributed by atoms with van der Waals surface area (Å²) in [5.74, 6) is 1.88. The van der Waals surface area contributed by atoms with Gasteiger partial charge in [-0.15, -0.1) is 0 Å². The smallest absolute Gasteiger partial charge is 0.257 e. The Labute approximate surface area is 170 Å². The standard InChI is InChI=1S/C23H25N3O3/c1-3-4-13-28-19-11-9-17(10-12-19)23-24-22(25-29-23)18-14-21(27)26(15-18)20-8-6-5-7-16(20)2/h5-12,18H,3-4,13-15H2,1-2H3. The van der Waals surface area contributed by atoms with Crippen LogP contribution in [0.1, 0.15) is 43.5 Å². The predicted octanol–water partition coefficient (Wildman–Crippen LogP) is 4.74. The molecule has 6 nitrogen and oxygen atoms in total. The van der Waals surface area contributed by atoms with E-state index in [0.29, 0.717) is 31.3 Å². The highest BCUT2D eigenvalue weighted by molar-refractivity contribution is 5.97. The number of hydrogen-bond donors (Lipinski definition) is 0. The molecule has 0 spiro atoms. The molecule has 4 rings (SSSR count). The highest BCUT2D eigenvalue weighted by atomic mass is 16.5. The maximum Gasteiger partial charge on any atom is 0.257 e. The second kappa shape index (κ2) is 8.47. The molecule has 1 saturated heterocycles. The van der Waals surface area contributed by atoms with E-state index in [1.54, 1.807) is 0 Å². The van der Waals surface area contributed by atoms with Gasteiger partial charge in [0.1, 0.15) is 5.75 Å². The number of unbranched alkanes of at least 4 members (excludes halogenated alkanes) is 1. The molecule has 1 aliphatic heterocycles. The summed E-state index contributed by atoms with van der Waals surface area (Å²) in [6.45, 7) is 5.43. The number of anilines is 1. The van der Waals surface area contributed by atoms with E-state index in [-0.39, 0.29) is 11.8 Å². The quantitative estimate of drug-likeness (QED) is 0.544. The van der Waals surface area contributed by atoms with Crippen LogP contribution in [0.5, 0.6) is 5.75 Å². The zero-order valence-electron chi connectivity index (χ0n) is 16.8. The molecule has 1 atom stereocenters. The number of amides is 1. The van der Waals surface area contributed by atoms with Crippen LogP contribution in [0.2, 0.25) is 0 Å². The highest BCUT2D eigenvalue weighted by Crippen LogP contribution is 2.33. The number of hydrogen-bond acceptors (Lipinski definition) is 5. The van der Waals surface area contributed by atoms with E-state index in [0.717, 1.165) is 35.4 Å². The summed E-state index contributed by atoms with van der Waals surface area (Å²) in [6, 6.07) is 15.6. The Balaban J connectivity index is 1.45. The maximum atomic E-state index is 12.6. The first-order valence-corrected chi connectivity index (χ1v) is 10.1. The van der Waals surface area contributed by atoms with Gasteiger partial charge in [-0.05, 0) is 49.2 Å². The van der Waals surface area contributed by atoms with Crippen molar-refractivity contribution in [2.45, 2.75) is 39.0 Å². The number of rotatable bonds is 7. The Kier molecular flexibility index (Phi) is 5.60. The van der Waals surface area contributed by atoms with Crippen LogP contribution in [0.4, 0.5) is 5.69 Å². The summed E-state index contributed by atoms with van der Waals surface area (Å²) in [7, 11) is 0. The zero-order valence-corrected chi connectivity index (χ0v) is 16.8. The molecule has 1 unspecified atom stereocenters. The number of aryl methyl sites for hydroxylation is 1. The van der Waals surface area contributed by atoms with Crippen molar-refractivity contribution in [2.75, 3.05) is 18.1 Å². The lowest BCUT2D eigenvalue weighted by Gasteiger charge is -2.18. The van der Waals surface area contributed by atoms with Gasteiger partial charge < -0.3 is 14.2 Å². The van der Waals surface area contributed by atoms with Crippen LogP contribution in [0.25, 0.3) is 11.5 Å². The second-order valence-corrected chi connectivity index (χ2v) is 7.38. The number of para-hydroxylation sites is 1. The molecule has 1 aliphatic rings. The van der Waals surface area contributed by atoms with Crippen molar-refractivity contribution < 1.29 is 14.1 Å². The van der Waals surface area contributed by atoms with Crippen LogP contribution in [0.3, 0.4) is 0 Å². The molecule has 0 saturated carbocycles. The van der Waals surface area contributed by atoms with Gasteiger partial charge in [0.25, 0.3) is 5.89 Å². The van der Waals surface area contributed by atoms with Gasteiger partial charge >= 0.3 is 0 Å². The molecule has 3 aromatic rings. The highest BCUT2D eigenvalue weighted by Gasteiger charge is 2.35. The van der Waals surface area contributed by atoms with E-state index < -0.39 is 0 Å². The summed E-state index contributed by atoms with van der Waals surface area (Å²) in [5, 5.41) is 4.15. The Morgan fingerprint density at radius 1 is 1.17 bits per heavy atom. The number of aromatic nitrogens is 2. The third kappa shape index (κ3) is 4.16. The molecule has 2 aromatic carbocycles. The van der Waals surface area contributed by atoms with E-state index in [9.17, 15) is 4.79 Å². The van der Waals surface area contributed by atoms with Gasteiger partial charge in [-0.3, -0.25) is 4.79 Å². The number of carbonyl (C=O) groups excluding carboxylic acids is 1. The largest absolute Gasteiger partial charge is 0.494 e. The first kappa shape index (κ1) is 19.2. The predicted molar refractivity (Wildman–Crippen MR) is 111 cm³/mol. The molecule has 0 radical (unpaired) electrons. The fraction of sp³-hybridized carbons (Fsp3) is 0.348. The van der Waals surface area contributed by atoms with E-state index in [2.05, 4.69) is 17.1 Å². The van der Waals surface area contributed by atoms with Crippen LogP contribution < -0.4 is 9.64 Å². The van der Waals surface area contributed by atoms with E-state index in [4.69, 9.17) is 9.26 Å². The fourth-order valence-corrected chi connectivity index (χ4v) is 3.53. The molecule has 150 valence electrons. The van der Waals surface area contributed by atoms with Crippen molar-refractivity contribution in [1.29, 1.82) is 0 Å². The third-order valence-corrected chi connectivity index (χ3v) is 5.21. The molecule has 0 bridgehead atoms. The molecule has 29 heavy (non-hydrogen) atoms. The summed E-state index contributed by atoms with van der Waals surface area (Å²) in [4.78, 5) is 18.9. The van der Waals surface area contributed by atoms with Gasteiger partial charge in [0.05, 0.1) is 6.61 Å². The third-order valence-electron chi connectivity index (χ3n) is 5.21. The Hall–Kier alpha value is -3.15. The van der Waals surface area contributed by atoms with Crippen molar-refractivity contribution in [2.24, 2.45) is 0 Å². The fourth-order valence-electron chi connectivity index (χ4n) is 3.53. The molecular formula is C23H25N3O3. The average Bonchev–Trinajstić information content (AvgIpc) is 3.36. The van der Waals surface area contributed by atoms with Crippen LogP contribution >= 0.6 is 0 Å². The lowest BCUT2D eigenvalue weighted by molar-refractivity contribution is -0.117. The summed E-state index contributed by atoms with van der Waals surface area (Å²) in [5.41, 5.74) is 2.87. The van der Waals surface area contributed by atoms with Gasteiger partial charge in [0.15, 0.2) is 5.82 Å². The molecule has 2 heterocycles. The van der Waals surface area contributed by atoms with E-state index in [1.807, 2.05) is 60.4 Å². The Morgan fingerprint density at radius 2 is 1.97 bits per heavy atom. The second-order valence-electron chi connectivity index (χ2n) is 7.38. The minimum atomic E-state index is -0.0729. The molecule has 0 aliphatic carbocycles. The van der Waals surface area contributed by atoms with Crippen molar-refractivity contribution >= 4 is 11.6 Å². The Bertz CT molecular complexity index is 981. The zero-order chi connectivity index (χ0) is 20.2. The number of carbonyl (C=O) groups is 1. The SMILES string of the molecule is CCCCOc1ccc(-c2nc(C3CC(=O)N(c4ccccc4C)C3)no2)cc1. The summed E-state index contributed by atoms with van der Waals surface area (Å²) in [6.07, 6.45) is 2.53. The topological polar surface area (TPSA) is 68.5 Å². The molecule has 0 N–H and O–H groups in total. The number of benzene rings is 2. The molecule has 6 heteroatoms. The van der Waals surface area contributed by atoms with E-state index in [1.165, 1.54) is 0 Å². The van der Waals surface area contributed by atoms with Gasteiger partial charge in [-0.25, -0.2) is 0 Å². The minimum absolute atomic E-state index is 0.0729. The first-order chi connectivity index (χ1) is 14.2. The summed E-state index contributed by atoms with van der Waals surface area (Å²) >= 11 is 0. The first-order valence-electron chi connectivity index (χ1n) is 10.1. The average molecular weight is 391 g/mol. The van der Waals surface area contributed by atoms with E-state index >= 15 is 0 Å². The lowest BCUT2D eigenvalue weighted by Crippen LogP contribution is -2.25. The summed E-state index contributed by atoms with van der Waals surface area (Å²) < 4.78 is 11.2. The Morgan fingerprint density at radius 3 is 2.72 bits per heavy atom. The van der Waals surface area contributed by atoms with Crippen LogP contribution in [0.15, 0.2) is 53.1 Å². The van der Waals surface area contributed by atoms with Gasteiger partial charge in [0, 0.05) is 30.1 Å². The lowest BCUT2D eigenvalue weighted by atomic mass is 10.1. The molecule has 1 aromatic heterocycles.